The molecular formula is C24H13Br2NO6. The zero-order chi connectivity index (χ0) is 22.9. The second-order valence-corrected chi connectivity index (χ2v) is 8.81. The molecule has 5 rings (SSSR count). The predicted octanol–water partition coefficient (Wildman–Crippen LogP) is 5.50. The van der Waals surface area contributed by atoms with Crippen LogP contribution in [0.25, 0.3) is 6.08 Å². The Labute approximate surface area is 204 Å². The fourth-order valence-corrected chi connectivity index (χ4v) is 3.82. The van der Waals surface area contributed by atoms with Crippen LogP contribution in [0.5, 0.6) is 17.2 Å². The van der Waals surface area contributed by atoms with Gasteiger partial charge in [-0.25, -0.2) is 14.6 Å². The van der Waals surface area contributed by atoms with Crippen molar-refractivity contribution in [2.75, 3.05) is 6.79 Å². The monoisotopic (exact) mass is 569 g/mol. The van der Waals surface area contributed by atoms with Crippen LogP contribution in [0.3, 0.4) is 0 Å². The van der Waals surface area contributed by atoms with Crippen LogP contribution < -0.4 is 14.2 Å². The highest BCUT2D eigenvalue weighted by atomic mass is 79.9. The Balaban J connectivity index is 1.44. The third kappa shape index (κ3) is 4.55. The molecule has 164 valence electrons. The zero-order valence-corrected chi connectivity index (χ0v) is 19.9. The van der Waals surface area contributed by atoms with Gasteiger partial charge in [-0.15, -0.1) is 0 Å². The van der Waals surface area contributed by atoms with E-state index in [1.165, 1.54) is 6.08 Å². The first-order valence-electron chi connectivity index (χ1n) is 9.66. The maximum atomic E-state index is 12.7. The molecule has 0 amide bonds. The predicted molar refractivity (Wildman–Crippen MR) is 126 cm³/mol. The number of aliphatic imine (C=N–C) groups is 1. The van der Waals surface area contributed by atoms with Crippen molar-refractivity contribution in [3.63, 3.8) is 0 Å². The molecule has 3 aromatic carbocycles. The standard InChI is InChI=1S/C24H13Br2NO6/c25-16-4-1-13(2-5-16)22-27-18(24(29)33-22)10-15-9-17(26)6-8-19(15)32-23(28)14-3-7-20-21(11-14)31-12-30-20/h1-11H,12H2/b18-10-. The molecule has 0 saturated heterocycles. The molecule has 0 aromatic heterocycles. The quantitative estimate of drug-likeness (QED) is 0.234. The summed E-state index contributed by atoms with van der Waals surface area (Å²) in [5.41, 5.74) is 1.54. The summed E-state index contributed by atoms with van der Waals surface area (Å²) in [6, 6.07) is 17.1. The molecule has 0 bridgehead atoms. The lowest BCUT2D eigenvalue weighted by atomic mass is 10.1. The number of halogens is 2. The van der Waals surface area contributed by atoms with Gasteiger partial charge in [-0.2, -0.15) is 0 Å². The van der Waals surface area contributed by atoms with Gasteiger partial charge in [0.05, 0.1) is 5.56 Å². The molecule has 3 aromatic rings. The van der Waals surface area contributed by atoms with E-state index < -0.39 is 11.9 Å². The summed E-state index contributed by atoms with van der Waals surface area (Å²) in [5.74, 6) is 0.330. The number of ether oxygens (including phenoxy) is 4. The van der Waals surface area contributed by atoms with E-state index in [9.17, 15) is 9.59 Å². The molecule has 0 aliphatic carbocycles. The molecule has 0 saturated carbocycles. The molecule has 0 spiro atoms. The first-order chi connectivity index (χ1) is 16.0. The topological polar surface area (TPSA) is 83.4 Å². The minimum absolute atomic E-state index is 0.0893. The van der Waals surface area contributed by atoms with Crippen LogP contribution >= 0.6 is 31.9 Å². The van der Waals surface area contributed by atoms with Crippen molar-refractivity contribution < 1.29 is 28.5 Å². The molecule has 2 aliphatic heterocycles. The summed E-state index contributed by atoms with van der Waals surface area (Å²) in [6.45, 7) is 0.108. The van der Waals surface area contributed by atoms with E-state index in [1.807, 2.05) is 12.1 Å². The van der Waals surface area contributed by atoms with Crippen LogP contribution in [0, 0.1) is 0 Å². The van der Waals surface area contributed by atoms with E-state index in [1.54, 1.807) is 48.5 Å². The fraction of sp³-hybridized carbons (Fsp3) is 0.0417. The Kier molecular flexibility index (Phi) is 5.74. The number of carbonyl (C=O) groups is 2. The first kappa shape index (κ1) is 21.4. The minimum Gasteiger partial charge on any atom is -0.454 e. The van der Waals surface area contributed by atoms with E-state index >= 15 is 0 Å². The average Bonchev–Trinajstić information content (AvgIpc) is 3.42. The Morgan fingerprint density at radius 2 is 1.70 bits per heavy atom. The highest BCUT2D eigenvalue weighted by molar-refractivity contribution is 9.10. The maximum Gasteiger partial charge on any atom is 0.363 e. The Hall–Kier alpha value is -3.43. The number of hydrogen-bond acceptors (Lipinski definition) is 7. The lowest BCUT2D eigenvalue weighted by molar-refractivity contribution is -0.129. The van der Waals surface area contributed by atoms with Crippen molar-refractivity contribution in [3.05, 3.63) is 92.0 Å². The van der Waals surface area contributed by atoms with Crippen molar-refractivity contribution in [2.24, 2.45) is 4.99 Å². The Morgan fingerprint density at radius 3 is 2.52 bits per heavy atom. The normalized spacial score (nSPS) is 15.4. The molecule has 2 heterocycles. The summed E-state index contributed by atoms with van der Waals surface area (Å²) < 4.78 is 23.1. The van der Waals surface area contributed by atoms with Gasteiger partial charge in [0.1, 0.15) is 5.75 Å². The van der Waals surface area contributed by atoms with Gasteiger partial charge in [0, 0.05) is 20.1 Å². The van der Waals surface area contributed by atoms with Gasteiger partial charge >= 0.3 is 11.9 Å². The Bertz CT molecular complexity index is 1350. The zero-order valence-electron chi connectivity index (χ0n) is 16.7. The first-order valence-corrected chi connectivity index (χ1v) is 11.2. The largest absolute Gasteiger partial charge is 0.454 e. The highest BCUT2D eigenvalue weighted by Gasteiger charge is 2.25. The summed E-state index contributed by atoms with van der Waals surface area (Å²) in [4.78, 5) is 29.5. The van der Waals surface area contributed by atoms with Crippen molar-refractivity contribution in [1.29, 1.82) is 0 Å². The molecule has 0 fully saturated rings. The van der Waals surface area contributed by atoms with Crippen LogP contribution in [0.1, 0.15) is 21.5 Å². The van der Waals surface area contributed by atoms with E-state index in [0.717, 1.165) is 8.95 Å². The van der Waals surface area contributed by atoms with Gasteiger partial charge < -0.3 is 18.9 Å². The summed E-state index contributed by atoms with van der Waals surface area (Å²) in [5, 5.41) is 0. The number of carbonyl (C=O) groups excluding carboxylic acids is 2. The maximum absolute atomic E-state index is 12.7. The number of benzene rings is 3. The molecule has 0 unspecified atom stereocenters. The third-order valence-corrected chi connectivity index (χ3v) is 5.81. The minimum atomic E-state index is -0.596. The number of fused-ring (bicyclic) bond motifs is 1. The highest BCUT2D eigenvalue weighted by Crippen LogP contribution is 2.33. The molecular weight excluding hydrogens is 558 g/mol. The van der Waals surface area contributed by atoms with Crippen molar-refractivity contribution >= 4 is 55.8 Å². The van der Waals surface area contributed by atoms with Crippen LogP contribution in [0.15, 0.2) is 80.3 Å². The number of cyclic esters (lactones) is 1. The number of hydrogen-bond donors (Lipinski definition) is 0. The van der Waals surface area contributed by atoms with Crippen LogP contribution in [-0.4, -0.2) is 24.6 Å². The lowest BCUT2D eigenvalue weighted by Gasteiger charge is -2.09. The second kappa shape index (κ2) is 8.84. The molecule has 9 heteroatoms. The second-order valence-electron chi connectivity index (χ2n) is 6.98. The summed E-state index contributed by atoms with van der Waals surface area (Å²) >= 11 is 6.77. The molecule has 7 nitrogen and oxygen atoms in total. The molecule has 0 N–H and O–H groups in total. The van der Waals surface area contributed by atoms with E-state index in [2.05, 4.69) is 36.9 Å². The van der Waals surface area contributed by atoms with Crippen molar-refractivity contribution in [1.82, 2.24) is 0 Å². The number of rotatable bonds is 4. The molecule has 0 radical (unpaired) electrons. The van der Waals surface area contributed by atoms with E-state index in [0.29, 0.717) is 28.2 Å². The summed E-state index contributed by atoms with van der Waals surface area (Å²) in [6.07, 6.45) is 1.52. The smallest absolute Gasteiger partial charge is 0.363 e. The Morgan fingerprint density at radius 1 is 0.939 bits per heavy atom. The molecule has 33 heavy (non-hydrogen) atoms. The summed E-state index contributed by atoms with van der Waals surface area (Å²) in [7, 11) is 0. The number of esters is 2. The van der Waals surface area contributed by atoms with Gasteiger partial charge in [-0.05, 0) is 66.7 Å². The molecule has 2 aliphatic rings. The fourth-order valence-electron chi connectivity index (χ4n) is 3.18. The van der Waals surface area contributed by atoms with Crippen molar-refractivity contribution in [3.8, 4) is 17.2 Å². The SMILES string of the molecule is O=C1OC(c2ccc(Br)cc2)=N/C1=C\c1cc(Br)ccc1OC(=O)c1ccc2c(c1)OCO2. The van der Waals surface area contributed by atoms with Crippen LogP contribution in [0.2, 0.25) is 0 Å². The van der Waals surface area contributed by atoms with E-state index in [4.69, 9.17) is 18.9 Å². The lowest BCUT2D eigenvalue weighted by Crippen LogP contribution is -2.09. The van der Waals surface area contributed by atoms with Gasteiger partial charge in [-0.3, -0.25) is 0 Å². The number of nitrogens with zero attached hydrogens (tertiary/aromatic N) is 1. The van der Waals surface area contributed by atoms with Gasteiger partial charge in [-0.1, -0.05) is 31.9 Å². The molecule has 0 atom stereocenters. The third-order valence-electron chi connectivity index (χ3n) is 4.79. The van der Waals surface area contributed by atoms with Crippen molar-refractivity contribution in [2.45, 2.75) is 0 Å². The van der Waals surface area contributed by atoms with Gasteiger partial charge in [0.25, 0.3) is 0 Å². The van der Waals surface area contributed by atoms with Crippen LogP contribution in [0.4, 0.5) is 0 Å². The average molecular weight is 571 g/mol. The van der Waals surface area contributed by atoms with Crippen LogP contribution in [-0.2, 0) is 9.53 Å². The van der Waals surface area contributed by atoms with Gasteiger partial charge in [0.2, 0.25) is 12.7 Å². The van der Waals surface area contributed by atoms with E-state index in [-0.39, 0.29) is 24.1 Å². The van der Waals surface area contributed by atoms with Gasteiger partial charge in [0.15, 0.2) is 17.2 Å².